The first-order chi connectivity index (χ1) is 21.2. The number of aliphatic imine (C=N–C) groups is 1. The zero-order valence-corrected chi connectivity index (χ0v) is 27.0. The molecule has 45 heavy (non-hydrogen) atoms. The number of hydrogen-bond acceptors (Lipinski definition) is 8. The summed E-state index contributed by atoms with van der Waals surface area (Å²) in [6.45, 7) is 10.4. The Labute approximate surface area is 263 Å². The Balaban J connectivity index is 1.80. The third kappa shape index (κ3) is 9.18. The zero-order valence-electron chi connectivity index (χ0n) is 27.0. The smallest absolute Gasteiger partial charge is 0.414 e. The van der Waals surface area contributed by atoms with E-state index in [1.165, 1.54) is 0 Å². The number of alkyl carbamates (subject to hydrolysis) is 2. The molecule has 0 fully saturated rings. The maximum atomic E-state index is 12.6. The van der Waals surface area contributed by atoms with Crippen LogP contribution < -0.4 is 20.1 Å². The summed E-state index contributed by atoms with van der Waals surface area (Å²) in [5, 5.41) is 6.65. The molecule has 0 aliphatic rings. The minimum atomic E-state index is -0.784. The molecule has 0 aliphatic heterocycles. The van der Waals surface area contributed by atoms with E-state index >= 15 is 0 Å². The van der Waals surface area contributed by atoms with Crippen LogP contribution in [0.1, 0.15) is 47.2 Å². The Kier molecular flexibility index (Phi) is 9.96. The van der Waals surface area contributed by atoms with Gasteiger partial charge in [-0.1, -0.05) is 48.5 Å². The largest absolute Gasteiger partial charge is 0.493 e. The summed E-state index contributed by atoms with van der Waals surface area (Å²) in [4.78, 5) is 34.8. The van der Waals surface area contributed by atoms with Gasteiger partial charge in [-0.3, -0.25) is 15.6 Å². The topological polar surface area (TPSA) is 120 Å². The van der Waals surface area contributed by atoms with Crippen LogP contribution in [-0.4, -0.2) is 48.6 Å². The predicted molar refractivity (Wildman–Crippen MR) is 176 cm³/mol. The average molecular weight is 613 g/mol. The van der Waals surface area contributed by atoms with Gasteiger partial charge >= 0.3 is 12.2 Å². The van der Waals surface area contributed by atoms with E-state index in [-0.39, 0.29) is 12.5 Å². The van der Waals surface area contributed by atoms with E-state index < -0.39 is 23.4 Å². The number of nitrogens with zero attached hydrogens (tertiary/aromatic N) is 2. The molecule has 1 heterocycles. The van der Waals surface area contributed by atoms with Crippen molar-refractivity contribution in [2.75, 3.05) is 14.2 Å². The average Bonchev–Trinajstić information content (AvgIpc) is 2.97. The number of carbonyl (C=O) groups is 2. The molecule has 4 rings (SSSR count). The van der Waals surface area contributed by atoms with Gasteiger partial charge in [0.15, 0.2) is 11.5 Å². The van der Waals surface area contributed by atoms with Crippen LogP contribution in [0.5, 0.6) is 11.5 Å². The van der Waals surface area contributed by atoms with Gasteiger partial charge in [-0.15, -0.1) is 0 Å². The van der Waals surface area contributed by atoms with E-state index in [1.807, 2.05) is 48.5 Å². The number of pyridine rings is 1. The summed E-state index contributed by atoms with van der Waals surface area (Å²) >= 11 is 0. The lowest BCUT2D eigenvalue weighted by atomic mass is 9.99. The van der Waals surface area contributed by atoms with Gasteiger partial charge in [0.05, 0.1) is 32.2 Å². The Hall–Kier alpha value is -5.12. The van der Waals surface area contributed by atoms with Crippen LogP contribution in [0.25, 0.3) is 33.2 Å². The fourth-order valence-corrected chi connectivity index (χ4v) is 4.47. The van der Waals surface area contributed by atoms with E-state index in [4.69, 9.17) is 23.9 Å². The highest BCUT2D eigenvalue weighted by Gasteiger charge is 2.22. The minimum Gasteiger partial charge on any atom is -0.493 e. The van der Waals surface area contributed by atoms with Gasteiger partial charge in [-0.25, -0.2) is 14.6 Å². The van der Waals surface area contributed by atoms with Crippen LogP contribution in [0.3, 0.4) is 0 Å². The highest BCUT2D eigenvalue weighted by Crippen LogP contribution is 2.36. The van der Waals surface area contributed by atoms with Crippen LogP contribution in [0.15, 0.2) is 77.8 Å². The first-order valence-electron chi connectivity index (χ1n) is 14.5. The van der Waals surface area contributed by atoms with Crippen molar-refractivity contribution in [3.8, 4) is 33.9 Å². The molecule has 0 atom stereocenters. The molecule has 0 saturated carbocycles. The van der Waals surface area contributed by atoms with Gasteiger partial charge in [-0.2, -0.15) is 0 Å². The maximum Gasteiger partial charge on any atom is 0.414 e. The van der Waals surface area contributed by atoms with Crippen molar-refractivity contribution in [2.24, 2.45) is 4.99 Å². The molecule has 2 N–H and O–H groups in total. The molecule has 236 valence electrons. The number of carbonyl (C=O) groups excluding carboxylic acids is 2. The molecule has 3 aromatic carbocycles. The number of aromatic nitrogens is 1. The summed E-state index contributed by atoms with van der Waals surface area (Å²) in [7, 11) is 3.14. The first-order valence-corrected chi connectivity index (χ1v) is 14.5. The van der Waals surface area contributed by atoms with Gasteiger partial charge < -0.3 is 18.9 Å². The van der Waals surface area contributed by atoms with Crippen LogP contribution in [0.2, 0.25) is 0 Å². The summed E-state index contributed by atoms with van der Waals surface area (Å²) in [5.74, 6) is 0.939. The number of benzene rings is 3. The number of nitrogens with one attached hydrogen (secondary N) is 2. The lowest BCUT2D eigenvalue weighted by molar-refractivity contribution is 0.0545. The van der Waals surface area contributed by atoms with E-state index in [1.54, 1.807) is 55.8 Å². The molecule has 10 heteroatoms. The number of hydrogen-bond donors (Lipinski definition) is 2. The number of ether oxygens (including phenoxy) is 4. The monoisotopic (exact) mass is 612 g/mol. The van der Waals surface area contributed by atoms with E-state index in [9.17, 15) is 9.59 Å². The molecule has 0 bridgehead atoms. The van der Waals surface area contributed by atoms with E-state index in [0.29, 0.717) is 22.9 Å². The number of guanidine groups is 1. The predicted octanol–water partition coefficient (Wildman–Crippen LogP) is 7.49. The van der Waals surface area contributed by atoms with Crippen molar-refractivity contribution < 1.29 is 28.5 Å². The molecular formula is C35H40N4O6. The maximum absolute atomic E-state index is 12.6. The lowest BCUT2D eigenvalue weighted by Crippen LogP contribution is -2.47. The number of fused-ring (bicyclic) bond motifs is 1. The quantitative estimate of drug-likeness (QED) is 0.171. The van der Waals surface area contributed by atoms with Gasteiger partial charge in [0.2, 0.25) is 5.96 Å². The minimum absolute atomic E-state index is 0.0148. The fourth-order valence-electron chi connectivity index (χ4n) is 4.47. The van der Waals surface area contributed by atoms with Crippen molar-refractivity contribution >= 4 is 28.9 Å². The molecule has 2 amide bonds. The summed E-state index contributed by atoms with van der Waals surface area (Å²) in [5.41, 5.74) is 2.78. The SMILES string of the molecule is COc1cc2cc(-c3cccc(-c4ccccc4)c3)nc(CN=C(NC(=O)OC(C)(C)C)NC(=O)OC(C)(C)C)c2cc1OC. The van der Waals surface area contributed by atoms with Gasteiger partial charge in [0.1, 0.15) is 11.2 Å². The molecule has 0 aliphatic carbocycles. The van der Waals surface area contributed by atoms with Gasteiger partial charge in [0, 0.05) is 10.9 Å². The van der Waals surface area contributed by atoms with Crippen LogP contribution >= 0.6 is 0 Å². The van der Waals surface area contributed by atoms with Gasteiger partial charge in [-0.05, 0) is 82.3 Å². The Morgan fingerprint density at radius 1 is 0.711 bits per heavy atom. The third-order valence-electron chi connectivity index (χ3n) is 6.31. The Morgan fingerprint density at radius 2 is 1.27 bits per heavy atom. The molecular weight excluding hydrogens is 572 g/mol. The van der Waals surface area contributed by atoms with Crippen molar-refractivity contribution in [3.05, 3.63) is 78.5 Å². The van der Waals surface area contributed by atoms with E-state index in [2.05, 4.69) is 39.9 Å². The normalized spacial score (nSPS) is 11.4. The standard InChI is InChI=1S/C35H40N4O6/c1-34(2,3)44-32(40)38-31(39-33(41)45-35(4,5)6)36-21-28-26-20-30(43-8)29(42-7)19-25(26)18-27(37-28)24-16-12-15-23(17-24)22-13-10-9-11-14-22/h9-20H,21H2,1-8H3,(H2,36,38,39,40,41). The third-order valence-corrected chi connectivity index (χ3v) is 6.31. The van der Waals surface area contributed by atoms with Crippen LogP contribution in [-0.2, 0) is 16.0 Å². The summed E-state index contributed by atoms with van der Waals surface area (Å²) in [6.07, 6.45) is -1.57. The Bertz CT molecular complexity index is 1670. The number of rotatable bonds is 6. The molecule has 0 spiro atoms. The highest BCUT2D eigenvalue weighted by molar-refractivity contribution is 6.01. The second kappa shape index (κ2) is 13.7. The van der Waals surface area contributed by atoms with Crippen LogP contribution in [0, 0.1) is 0 Å². The van der Waals surface area contributed by atoms with Crippen molar-refractivity contribution in [2.45, 2.75) is 59.3 Å². The van der Waals surface area contributed by atoms with Crippen molar-refractivity contribution in [1.82, 2.24) is 15.6 Å². The Morgan fingerprint density at radius 3 is 1.84 bits per heavy atom. The van der Waals surface area contributed by atoms with E-state index in [0.717, 1.165) is 27.5 Å². The summed E-state index contributed by atoms with van der Waals surface area (Å²) in [6, 6.07) is 23.9. The molecule has 4 aromatic rings. The van der Waals surface area contributed by atoms with Gasteiger partial charge in [0.25, 0.3) is 0 Å². The number of methoxy groups -OCH3 is 2. The molecule has 0 unspecified atom stereocenters. The van der Waals surface area contributed by atoms with Crippen molar-refractivity contribution in [3.63, 3.8) is 0 Å². The second-order valence-corrected chi connectivity index (χ2v) is 12.2. The zero-order chi connectivity index (χ0) is 32.8. The lowest BCUT2D eigenvalue weighted by Gasteiger charge is -2.22. The fraction of sp³-hybridized carbons (Fsp3) is 0.314. The molecule has 0 saturated heterocycles. The summed E-state index contributed by atoms with van der Waals surface area (Å²) < 4.78 is 21.9. The molecule has 10 nitrogen and oxygen atoms in total. The molecule has 0 radical (unpaired) electrons. The second-order valence-electron chi connectivity index (χ2n) is 12.2. The number of amides is 2. The highest BCUT2D eigenvalue weighted by atomic mass is 16.6. The molecule has 1 aromatic heterocycles. The first kappa shape index (κ1) is 32.8. The van der Waals surface area contributed by atoms with Crippen molar-refractivity contribution in [1.29, 1.82) is 0 Å². The van der Waals surface area contributed by atoms with Crippen LogP contribution in [0.4, 0.5) is 9.59 Å².